The predicted molar refractivity (Wildman–Crippen MR) is 94.2 cm³/mol. The fraction of sp³-hybridized carbons (Fsp3) is 0.0500. The Hall–Kier alpha value is -3.27. The maximum atomic E-state index is 11.4. The number of hydrogen-bond acceptors (Lipinski definition) is 4. The molecule has 4 heteroatoms. The van der Waals surface area contributed by atoms with Crippen LogP contribution in [0.2, 0.25) is 0 Å². The van der Waals surface area contributed by atoms with Gasteiger partial charge >= 0.3 is 0 Å². The molecule has 2 aromatic rings. The monoisotopic (exact) mass is 317 g/mol. The van der Waals surface area contributed by atoms with Gasteiger partial charge in [0.2, 0.25) is 0 Å². The molecule has 118 valence electrons. The number of carbonyl (C=O) groups is 1. The van der Waals surface area contributed by atoms with E-state index in [1.54, 1.807) is 31.4 Å². The smallest absolute Gasteiger partial charge is 0.178 e. The number of ketones is 1. The molecule has 1 aliphatic carbocycles. The number of rotatable bonds is 4. The van der Waals surface area contributed by atoms with E-state index >= 15 is 0 Å². The summed E-state index contributed by atoms with van der Waals surface area (Å²) in [6.07, 6.45) is 6.53. The van der Waals surface area contributed by atoms with Gasteiger partial charge in [0.1, 0.15) is 11.4 Å². The van der Waals surface area contributed by atoms with Gasteiger partial charge in [-0.05, 0) is 52.2 Å². The van der Waals surface area contributed by atoms with Crippen LogP contribution in [0.4, 0.5) is 5.69 Å². The fourth-order valence-electron chi connectivity index (χ4n) is 2.62. The number of nitrogens with zero attached hydrogens (tertiary/aromatic N) is 1. The summed E-state index contributed by atoms with van der Waals surface area (Å²) in [5, 5.41) is 3.14. The van der Waals surface area contributed by atoms with Crippen LogP contribution in [-0.2, 0) is 4.79 Å². The van der Waals surface area contributed by atoms with Gasteiger partial charge in [-0.1, -0.05) is 42.5 Å². The van der Waals surface area contributed by atoms with E-state index in [4.69, 9.17) is 4.74 Å². The van der Waals surface area contributed by atoms with Gasteiger partial charge in [-0.25, -0.2) is 0 Å². The molecule has 0 N–H and O–H groups in total. The third-order valence-corrected chi connectivity index (χ3v) is 3.79. The molecule has 0 bridgehead atoms. The van der Waals surface area contributed by atoms with Crippen LogP contribution in [-0.4, -0.2) is 12.9 Å². The molecule has 2 aromatic carbocycles. The summed E-state index contributed by atoms with van der Waals surface area (Å²) in [5.41, 5.74) is 3.67. The van der Waals surface area contributed by atoms with Crippen LogP contribution in [0.3, 0.4) is 0 Å². The van der Waals surface area contributed by atoms with Crippen LogP contribution < -0.4 is 4.74 Å². The Kier molecular flexibility index (Phi) is 4.47. The Balaban J connectivity index is 2.23. The number of ether oxygens (including phenoxy) is 1. The number of carbonyl (C=O) groups excluding carboxylic acids is 1. The fourth-order valence-corrected chi connectivity index (χ4v) is 2.62. The van der Waals surface area contributed by atoms with Gasteiger partial charge in [-0.15, -0.1) is 4.91 Å². The number of hydrogen-bond donors (Lipinski definition) is 0. The van der Waals surface area contributed by atoms with Crippen LogP contribution in [0.1, 0.15) is 11.1 Å². The first-order valence-corrected chi connectivity index (χ1v) is 7.44. The van der Waals surface area contributed by atoms with E-state index in [0.29, 0.717) is 5.69 Å². The second kappa shape index (κ2) is 6.87. The molecule has 0 heterocycles. The van der Waals surface area contributed by atoms with Crippen molar-refractivity contribution in [2.75, 3.05) is 7.11 Å². The van der Waals surface area contributed by atoms with Crippen LogP contribution >= 0.6 is 0 Å². The summed E-state index contributed by atoms with van der Waals surface area (Å²) < 4.78 is 5.20. The zero-order valence-corrected chi connectivity index (χ0v) is 13.1. The Morgan fingerprint density at radius 1 is 0.917 bits per heavy atom. The molecule has 24 heavy (non-hydrogen) atoms. The summed E-state index contributed by atoms with van der Waals surface area (Å²) >= 11 is 0. The first-order chi connectivity index (χ1) is 11.7. The van der Waals surface area contributed by atoms with E-state index in [0.717, 1.165) is 28.0 Å². The van der Waals surface area contributed by atoms with Crippen LogP contribution in [0.5, 0.6) is 5.75 Å². The largest absolute Gasteiger partial charge is 0.497 e. The molecule has 3 rings (SSSR count). The van der Waals surface area contributed by atoms with Crippen molar-refractivity contribution in [3.05, 3.63) is 94.4 Å². The van der Waals surface area contributed by atoms with Crippen LogP contribution in [0, 0.1) is 4.91 Å². The Morgan fingerprint density at radius 2 is 1.58 bits per heavy atom. The van der Waals surface area contributed by atoms with E-state index in [-0.39, 0.29) is 5.78 Å². The molecular weight excluding hydrogens is 302 g/mol. The molecule has 0 spiro atoms. The zero-order valence-electron chi connectivity index (χ0n) is 13.1. The van der Waals surface area contributed by atoms with Crippen molar-refractivity contribution < 1.29 is 9.53 Å². The maximum Gasteiger partial charge on any atom is 0.178 e. The van der Waals surface area contributed by atoms with Crippen molar-refractivity contribution in [3.63, 3.8) is 0 Å². The topological polar surface area (TPSA) is 55.7 Å². The van der Waals surface area contributed by atoms with Crippen molar-refractivity contribution in [2.45, 2.75) is 0 Å². The molecule has 0 fully saturated rings. The van der Waals surface area contributed by atoms with Crippen molar-refractivity contribution in [3.8, 4) is 5.75 Å². The van der Waals surface area contributed by atoms with Crippen LogP contribution in [0.25, 0.3) is 5.57 Å². The lowest BCUT2D eigenvalue weighted by molar-refractivity contribution is -0.110. The van der Waals surface area contributed by atoms with Gasteiger partial charge in [0.15, 0.2) is 5.78 Å². The molecular formula is C20H15NO3. The molecule has 0 aromatic heterocycles. The second-order valence-electron chi connectivity index (χ2n) is 5.24. The molecule has 0 unspecified atom stereocenters. The minimum absolute atomic E-state index is 0.0605. The predicted octanol–water partition coefficient (Wildman–Crippen LogP) is 4.59. The third-order valence-electron chi connectivity index (χ3n) is 3.79. The maximum absolute atomic E-state index is 11.4. The van der Waals surface area contributed by atoms with E-state index < -0.39 is 0 Å². The summed E-state index contributed by atoms with van der Waals surface area (Å²) in [7, 11) is 1.61. The summed E-state index contributed by atoms with van der Waals surface area (Å²) in [6.45, 7) is 0. The van der Waals surface area contributed by atoms with E-state index in [1.807, 2.05) is 36.4 Å². The summed E-state index contributed by atoms with van der Waals surface area (Å²) in [5.74, 6) is 0.685. The Bertz CT molecular complexity index is 856. The molecule has 0 saturated carbocycles. The lowest BCUT2D eigenvalue weighted by Gasteiger charge is -2.15. The molecule has 0 radical (unpaired) electrons. The standard InChI is InChI=1S/C20H15NO3/c1-24-17-12-8-15(9-13-17)20(14-6-10-16(22)11-7-14)18-4-2-3-5-19(18)21-23/h2-13H,1H3. The summed E-state index contributed by atoms with van der Waals surface area (Å²) in [4.78, 5) is 22.6. The Morgan fingerprint density at radius 3 is 2.21 bits per heavy atom. The lowest BCUT2D eigenvalue weighted by Crippen LogP contribution is -1.98. The van der Waals surface area contributed by atoms with Crippen molar-refractivity contribution in [1.29, 1.82) is 0 Å². The molecule has 0 saturated heterocycles. The number of nitroso groups, excluding NO2 is 1. The van der Waals surface area contributed by atoms with Gasteiger partial charge in [-0.2, -0.15) is 0 Å². The number of methoxy groups -OCH3 is 1. The third kappa shape index (κ3) is 3.08. The van der Waals surface area contributed by atoms with Crippen molar-refractivity contribution >= 4 is 17.0 Å². The lowest BCUT2D eigenvalue weighted by atomic mass is 9.90. The second-order valence-corrected chi connectivity index (χ2v) is 5.24. The first-order valence-electron chi connectivity index (χ1n) is 7.44. The van der Waals surface area contributed by atoms with Crippen LogP contribution in [0.15, 0.2) is 83.6 Å². The highest BCUT2D eigenvalue weighted by Gasteiger charge is 2.15. The van der Waals surface area contributed by atoms with E-state index in [1.165, 1.54) is 12.2 Å². The van der Waals surface area contributed by atoms with Gasteiger partial charge in [0.25, 0.3) is 0 Å². The molecule has 1 aliphatic rings. The average Bonchev–Trinajstić information content (AvgIpc) is 2.64. The molecule has 0 aliphatic heterocycles. The SMILES string of the molecule is COc1ccc(C(=C2C=CC(=O)C=C2)c2ccccc2N=O)cc1. The minimum atomic E-state index is -0.0605. The van der Waals surface area contributed by atoms with Gasteiger partial charge in [0.05, 0.1) is 7.11 Å². The molecule has 0 amide bonds. The summed E-state index contributed by atoms with van der Waals surface area (Å²) in [6, 6.07) is 14.7. The van der Waals surface area contributed by atoms with Gasteiger partial charge in [0, 0.05) is 5.56 Å². The van der Waals surface area contributed by atoms with Crippen molar-refractivity contribution in [2.24, 2.45) is 5.18 Å². The Labute approximate surface area is 139 Å². The van der Waals surface area contributed by atoms with E-state index in [2.05, 4.69) is 5.18 Å². The highest BCUT2D eigenvalue weighted by Crippen LogP contribution is 2.35. The highest BCUT2D eigenvalue weighted by atomic mass is 16.5. The van der Waals surface area contributed by atoms with Gasteiger partial charge in [-0.3, -0.25) is 4.79 Å². The van der Waals surface area contributed by atoms with E-state index in [9.17, 15) is 9.70 Å². The molecule has 4 nitrogen and oxygen atoms in total. The number of allylic oxidation sites excluding steroid dienone is 5. The normalized spacial score (nSPS) is 13.0. The highest BCUT2D eigenvalue weighted by molar-refractivity contribution is 6.03. The number of benzene rings is 2. The first kappa shape index (κ1) is 15.6. The van der Waals surface area contributed by atoms with Gasteiger partial charge < -0.3 is 4.74 Å². The van der Waals surface area contributed by atoms with Crippen molar-refractivity contribution in [1.82, 2.24) is 0 Å². The molecule has 0 atom stereocenters. The zero-order chi connectivity index (χ0) is 16.9. The quantitative estimate of drug-likeness (QED) is 0.775. The minimum Gasteiger partial charge on any atom is -0.497 e. The average molecular weight is 317 g/mol.